The molecule has 0 saturated carbocycles. The average molecular weight is 1030 g/mol. The lowest BCUT2D eigenvalue weighted by Crippen LogP contribution is -2.65. The number of hydroxylamine groups is 2. The molecular formula is C46H52N10O18. The summed E-state index contributed by atoms with van der Waals surface area (Å²) in [5.74, 6) is -4.75. The number of benzene rings is 1. The fourth-order valence-electron chi connectivity index (χ4n) is 8.89. The van der Waals surface area contributed by atoms with Crippen molar-refractivity contribution in [2.45, 2.75) is 45.4 Å². The fourth-order valence-corrected chi connectivity index (χ4v) is 8.89. The molecule has 0 radical (unpaired) electrons. The van der Waals surface area contributed by atoms with E-state index in [0.29, 0.717) is 24.8 Å². The van der Waals surface area contributed by atoms with Crippen molar-refractivity contribution in [1.29, 1.82) is 0 Å². The van der Waals surface area contributed by atoms with Crippen LogP contribution in [0, 0.1) is 0 Å². The normalized spacial score (nSPS) is 21.5. The van der Waals surface area contributed by atoms with Crippen molar-refractivity contribution < 1.29 is 71.6 Å². The summed E-state index contributed by atoms with van der Waals surface area (Å²) in [6.07, 6.45) is 2.84. The molecule has 3 fully saturated rings. The Morgan fingerprint density at radius 3 is 1.35 bits per heavy atom. The predicted octanol–water partition coefficient (Wildman–Crippen LogP) is -1.43. The minimum Gasteiger partial charge on any atom is -0.491 e. The first-order valence-corrected chi connectivity index (χ1v) is 21.9. The number of carbonyl (C=O) groups excluding carboxylic acids is 7. The number of morpholine rings is 3. The molecule has 394 valence electrons. The van der Waals surface area contributed by atoms with Gasteiger partial charge in [0.15, 0.2) is 46.4 Å². The van der Waals surface area contributed by atoms with E-state index < -0.39 is 70.8 Å². The Labute approximate surface area is 419 Å². The number of rotatable bonds is 6. The van der Waals surface area contributed by atoms with Crippen molar-refractivity contribution in [3.63, 3.8) is 0 Å². The first-order valence-electron chi connectivity index (χ1n) is 21.9. The van der Waals surface area contributed by atoms with Crippen LogP contribution in [0.4, 0.5) is 0 Å². The zero-order valence-electron chi connectivity index (χ0n) is 38.6. The number of imide groups is 1. The summed E-state index contributed by atoms with van der Waals surface area (Å²) in [4.78, 5) is 133. The number of aromatic nitrogens is 3. The van der Waals surface area contributed by atoms with Crippen molar-refractivity contribution in [3.8, 4) is 17.2 Å². The van der Waals surface area contributed by atoms with Crippen LogP contribution < -0.4 is 46.8 Å². The van der Waals surface area contributed by atoms with Crippen molar-refractivity contribution in [2.24, 2.45) is 0 Å². The Morgan fingerprint density at radius 2 is 0.919 bits per heavy atom. The molecule has 28 heteroatoms. The summed E-state index contributed by atoms with van der Waals surface area (Å²) in [5, 5.41) is 0.373. The van der Waals surface area contributed by atoms with Gasteiger partial charge in [-0.3, -0.25) is 62.2 Å². The highest BCUT2D eigenvalue weighted by Crippen LogP contribution is 2.29. The van der Waals surface area contributed by atoms with E-state index in [0.717, 1.165) is 4.90 Å². The number of amides is 5. The number of nitrogens with one attached hydrogen (secondary N) is 3. The third-order valence-corrected chi connectivity index (χ3v) is 12.2. The van der Waals surface area contributed by atoms with Gasteiger partial charge in [-0.25, -0.2) is 9.59 Å². The summed E-state index contributed by atoms with van der Waals surface area (Å²) < 4.78 is 40.3. The SMILES string of the molecule is C.C.COC(=O)[C@@H]1COC[C@H]2Nn3ccc(=O)c(OC)c3C(=O)N21.COc1c2n(ccc1=O)N[C@@H]1COCCN1C2=O.COc1c2n(ccc1=O)N[C@@H]1COC[C@@H](C(=O)ON3C(=O)c4ccccc4C3=O)N1C2=O. The molecule has 4 aromatic rings. The van der Waals surface area contributed by atoms with Gasteiger partial charge >= 0.3 is 11.9 Å². The lowest BCUT2D eigenvalue weighted by atomic mass is 10.1. The summed E-state index contributed by atoms with van der Waals surface area (Å²) >= 11 is 0. The van der Waals surface area contributed by atoms with Crippen molar-refractivity contribution in [3.05, 3.63) is 120 Å². The van der Waals surface area contributed by atoms with E-state index in [1.807, 2.05) is 0 Å². The van der Waals surface area contributed by atoms with Crippen LogP contribution in [0.1, 0.15) is 67.0 Å². The average Bonchev–Trinajstić information content (AvgIpc) is 3.63. The summed E-state index contributed by atoms with van der Waals surface area (Å²) in [7, 11) is 5.20. The molecule has 0 bridgehead atoms. The minimum absolute atomic E-state index is 0. The molecule has 0 aliphatic carbocycles. The van der Waals surface area contributed by atoms with Gasteiger partial charge in [0.05, 0.1) is 79.2 Å². The first-order chi connectivity index (χ1) is 34.7. The molecule has 10 heterocycles. The Kier molecular flexibility index (Phi) is 15.4. The monoisotopic (exact) mass is 1030 g/mol. The van der Waals surface area contributed by atoms with Crippen molar-refractivity contribution in [1.82, 2.24) is 33.8 Å². The molecule has 74 heavy (non-hydrogen) atoms. The van der Waals surface area contributed by atoms with E-state index in [4.69, 9.17) is 38.0 Å². The van der Waals surface area contributed by atoms with Crippen LogP contribution in [0.15, 0.2) is 75.4 Å². The number of ether oxygens (including phenoxy) is 7. The first kappa shape index (κ1) is 53.0. The lowest BCUT2D eigenvalue weighted by molar-refractivity contribution is -0.181. The van der Waals surface area contributed by atoms with Crippen LogP contribution in [0.2, 0.25) is 0 Å². The summed E-state index contributed by atoms with van der Waals surface area (Å²) in [6, 6.07) is 7.78. The van der Waals surface area contributed by atoms with Gasteiger partial charge in [-0.05, 0) is 12.1 Å². The third kappa shape index (κ3) is 9.08. The van der Waals surface area contributed by atoms with Gasteiger partial charge in [0, 0.05) is 43.3 Å². The molecule has 3 aromatic heterocycles. The van der Waals surface area contributed by atoms with Crippen LogP contribution in [-0.4, -0.2) is 180 Å². The number of carbonyl (C=O) groups is 7. The number of fused-ring (bicyclic) bond motifs is 7. The Balaban J connectivity index is 0.000000168. The third-order valence-electron chi connectivity index (χ3n) is 12.2. The number of hydrogen-bond acceptors (Lipinski definition) is 21. The van der Waals surface area contributed by atoms with Gasteiger partial charge in [0.25, 0.3) is 29.5 Å². The van der Waals surface area contributed by atoms with E-state index in [-0.39, 0.29) is 104 Å². The number of pyridine rings is 3. The standard InChI is InChI=1S/C20H16N4O8.C13H15N3O6.C11H13N3O4.2CH4/c1-30-16-13(25)6-7-22-15(16)19(28)23-12(8-31-9-14(23)21-22)20(29)32-24-17(26)10-4-2-3-5-11(10)18(24)27;1-20-11-8(17)3-4-15-10(11)12(18)16-7(13(19)21-2)5-22-6-9(16)14-15;1-17-10-7(15)2-3-14-9(10)11(16)13-4-5-18-6-8(13)12-14;;/h2-7,12,14,21H,8-9H2,1H3;3-4,7,9,14H,5-6H2,1-2H3;2-3,8,12H,4-6H2,1H3;2*1H4/t12-,14-;7-,9-;8-;;/m000../s1. The molecule has 28 nitrogen and oxygen atoms in total. The van der Waals surface area contributed by atoms with E-state index in [9.17, 15) is 47.9 Å². The molecule has 1 aromatic carbocycles. The molecule has 5 amide bonds. The molecule has 3 saturated heterocycles. The van der Waals surface area contributed by atoms with Crippen LogP contribution in [0.25, 0.3) is 0 Å². The predicted molar refractivity (Wildman–Crippen MR) is 253 cm³/mol. The van der Waals surface area contributed by atoms with Crippen LogP contribution >= 0.6 is 0 Å². The quantitative estimate of drug-likeness (QED) is 0.147. The zero-order valence-corrected chi connectivity index (χ0v) is 38.6. The van der Waals surface area contributed by atoms with Crippen LogP contribution in [0.3, 0.4) is 0 Å². The second-order valence-corrected chi connectivity index (χ2v) is 16.2. The van der Waals surface area contributed by atoms with Crippen molar-refractivity contribution in [2.75, 3.05) is 90.9 Å². The summed E-state index contributed by atoms with van der Waals surface area (Å²) in [6.45, 7) is 1.51. The Bertz CT molecular complexity index is 3070. The van der Waals surface area contributed by atoms with E-state index >= 15 is 0 Å². The number of nitrogens with zero attached hydrogens (tertiary/aromatic N) is 7. The Morgan fingerprint density at radius 1 is 0.514 bits per heavy atom. The number of methoxy groups -OCH3 is 4. The molecular weight excluding hydrogens is 981 g/mol. The molecule has 3 N–H and O–H groups in total. The van der Waals surface area contributed by atoms with Crippen LogP contribution in [-0.2, 0) is 33.4 Å². The fraction of sp³-hybridized carbons (Fsp3) is 0.391. The molecule has 0 spiro atoms. The molecule has 0 unspecified atom stereocenters. The second-order valence-electron chi connectivity index (χ2n) is 16.2. The number of hydrogen-bond donors (Lipinski definition) is 3. The zero-order chi connectivity index (χ0) is 51.1. The molecule has 7 aliphatic heterocycles. The van der Waals surface area contributed by atoms with Crippen molar-refractivity contribution >= 4 is 41.5 Å². The summed E-state index contributed by atoms with van der Waals surface area (Å²) in [5.41, 5.74) is 8.26. The smallest absolute Gasteiger partial charge is 0.357 e. The van der Waals surface area contributed by atoms with E-state index in [1.165, 1.54) is 96.3 Å². The largest absolute Gasteiger partial charge is 0.491 e. The maximum Gasteiger partial charge on any atom is 0.357 e. The van der Waals surface area contributed by atoms with Gasteiger partial charge in [-0.15, -0.1) is 0 Å². The van der Waals surface area contributed by atoms with E-state index in [1.54, 1.807) is 17.0 Å². The van der Waals surface area contributed by atoms with Crippen LogP contribution in [0.5, 0.6) is 17.2 Å². The Hall–Kier alpha value is -8.76. The highest BCUT2D eigenvalue weighted by Gasteiger charge is 2.49. The van der Waals surface area contributed by atoms with E-state index in [2.05, 4.69) is 16.3 Å². The minimum atomic E-state index is -1.29. The topological polar surface area (TPSA) is 308 Å². The second kappa shape index (κ2) is 21.5. The van der Waals surface area contributed by atoms with Gasteiger partial charge < -0.3 is 59.2 Å². The maximum absolute atomic E-state index is 13.3. The van der Waals surface area contributed by atoms with Gasteiger partial charge in [-0.1, -0.05) is 32.0 Å². The molecule has 5 atom stereocenters. The van der Waals surface area contributed by atoms with Gasteiger partial charge in [-0.2, -0.15) is 0 Å². The van der Waals surface area contributed by atoms with Gasteiger partial charge in [0.1, 0.15) is 18.5 Å². The highest BCUT2D eigenvalue weighted by molar-refractivity contribution is 6.21. The molecule has 11 rings (SSSR count). The highest BCUT2D eigenvalue weighted by atomic mass is 16.7. The lowest BCUT2D eigenvalue weighted by Gasteiger charge is -2.44. The number of esters is 1. The maximum atomic E-state index is 13.3. The van der Waals surface area contributed by atoms with Gasteiger partial charge in [0.2, 0.25) is 16.3 Å². The molecule has 7 aliphatic rings.